The van der Waals surface area contributed by atoms with Crippen LogP contribution in [0.5, 0.6) is 0 Å². The fourth-order valence-corrected chi connectivity index (χ4v) is 2.83. The van der Waals surface area contributed by atoms with Crippen molar-refractivity contribution in [3.8, 4) is 0 Å². The zero-order valence-corrected chi connectivity index (χ0v) is 10.2. The molecule has 0 aromatic rings. The molecule has 2 heteroatoms. The Morgan fingerprint density at radius 3 is 2.53 bits per heavy atom. The third-order valence-electron chi connectivity index (χ3n) is 4.43. The molecule has 2 nitrogen and oxygen atoms in total. The van der Waals surface area contributed by atoms with Crippen LogP contribution in [0.4, 0.5) is 0 Å². The van der Waals surface area contributed by atoms with Gasteiger partial charge in [0.25, 0.3) is 0 Å². The summed E-state index contributed by atoms with van der Waals surface area (Å²) in [6, 6.07) is 0. The van der Waals surface area contributed by atoms with Crippen molar-refractivity contribution >= 4 is 0 Å². The van der Waals surface area contributed by atoms with Crippen molar-refractivity contribution in [1.82, 2.24) is 5.32 Å². The summed E-state index contributed by atoms with van der Waals surface area (Å²) in [5.41, 5.74) is 0.203. The molecule has 1 unspecified atom stereocenters. The van der Waals surface area contributed by atoms with Crippen LogP contribution in [0.1, 0.15) is 45.4 Å². The minimum atomic E-state index is 0.203. The van der Waals surface area contributed by atoms with Gasteiger partial charge in [-0.05, 0) is 63.5 Å². The Morgan fingerprint density at radius 2 is 2.00 bits per heavy atom. The van der Waals surface area contributed by atoms with Gasteiger partial charge in [-0.25, -0.2) is 0 Å². The van der Waals surface area contributed by atoms with Gasteiger partial charge in [-0.2, -0.15) is 0 Å². The van der Waals surface area contributed by atoms with Crippen molar-refractivity contribution in [3.63, 3.8) is 0 Å². The highest BCUT2D eigenvalue weighted by Gasteiger charge is 2.34. The van der Waals surface area contributed by atoms with Gasteiger partial charge >= 0.3 is 0 Å². The monoisotopic (exact) mass is 211 g/mol. The first-order chi connectivity index (χ1) is 7.26. The predicted octanol–water partition coefficient (Wildman–Crippen LogP) is 2.58. The Hall–Kier alpha value is -0.0800. The molecule has 1 heterocycles. The van der Waals surface area contributed by atoms with E-state index in [0.29, 0.717) is 0 Å². The molecule has 2 rings (SSSR count). The van der Waals surface area contributed by atoms with Crippen LogP contribution in [0.3, 0.4) is 0 Å². The summed E-state index contributed by atoms with van der Waals surface area (Å²) in [7, 11) is 1.90. The van der Waals surface area contributed by atoms with Gasteiger partial charge in [-0.1, -0.05) is 6.92 Å². The van der Waals surface area contributed by atoms with E-state index in [1.165, 1.54) is 38.5 Å². The largest absolute Gasteiger partial charge is 0.378 e. The van der Waals surface area contributed by atoms with Gasteiger partial charge in [0.2, 0.25) is 0 Å². The summed E-state index contributed by atoms with van der Waals surface area (Å²) in [6.07, 6.45) is 7.97. The van der Waals surface area contributed by atoms with Crippen LogP contribution in [0.2, 0.25) is 0 Å². The zero-order chi connectivity index (χ0) is 10.7. The van der Waals surface area contributed by atoms with E-state index in [9.17, 15) is 0 Å². The third-order valence-corrected chi connectivity index (χ3v) is 4.43. The second-order valence-corrected chi connectivity index (χ2v) is 5.49. The lowest BCUT2D eigenvalue weighted by molar-refractivity contribution is -0.0444. The van der Waals surface area contributed by atoms with E-state index in [2.05, 4.69) is 12.2 Å². The number of nitrogens with one attached hydrogen (secondary N) is 1. The van der Waals surface area contributed by atoms with E-state index in [0.717, 1.165) is 24.9 Å². The highest BCUT2D eigenvalue weighted by molar-refractivity contribution is 4.88. The summed E-state index contributed by atoms with van der Waals surface area (Å²) in [6.45, 7) is 4.68. The number of methoxy groups -OCH3 is 1. The molecule has 0 spiro atoms. The van der Waals surface area contributed by atoms with E-state index >= 15 is 0 Å². The molecule has 1 atom stereocenters. The fraction of sp³-hybridized carbons (Fsp3) is 1.00. The van der Waals surface area contributed by atoms with Crippen LogP contribution in [0, 0.1) is 11.8 Å². The van der Waals surface area contributed by atoms with Crippen molar-refractivity contribution in [2.45, 2.75) is 51.0 Å². The molecule has 0 aromatic carbocycles. The van der Waals surface area contributed by atoms with Gasteiger partial charge in [-0.15, -0.1) is 0 Å². The van der Waals surface area contributed by atoms with Crippen LogP contribution >= 0.6 is 0 Å². The molecule has 15 heavy (non-hydrogen) atoms. The maximum absolute atomic E-state index is 5.79. The summed E-state index contributed by atoms with van der Waals surface area (Å²) in [5, 5.41) is 3.42. The average Bonchev–Trinajstić information content (AvgIpc) is 3.11. The average molecular weight is 211 g/mol. The van der Waals surface area contributed by atoms with E-state index in [1.54, 1.807) is 0 Å². The molecule has 2 aliphatic rings. The Labute approximate surface area is 93.8 Å². The molecule has 1 saturated carbocycles. The van der Waals surface area contributed by atoms with Crippen molar-refractivity contribution in [2.75, 3.05) is 20.2 Å². The number of rotatable bonds is 5. The predicted molar refractivity (Wildman–Crippen MR) is 63.0 cm³/mol. The van der Waals surface area contributed by atoms with Gasteiger partial charge in [0.1, 0.15) is 0 Å². The molecule has 1 N–H and O–H groups in total. The van der Waals surface area contributed by atoms with Crippen molar-refractivity contribution < 1.29 is 4.74 Å². The summed E-state index contributed by atoms with van der Waals surface area (Å²) in [4.78, 5) is 0. The molecule has 1 saturated heterocycles. The van der Waals surface area contributed by atoms with Gasteiger partial charge < -0.3 is 10.1 Å². The second-order valence-electron chi connectivity index (χ2n) is 5.49. The summed E-state index contributed by atoms with van der Waals surface area (Å²) < 4.78 is 5.79. The normalized spacial score (nSPS) is 27.6. The van der Waals surface area contributed by atoms with Gasteiger partial charge in [0.05, 0.1) is 5.60 Å². The Balaban J connectivity index is 1.78. The minimum absolute atomic E-state index is 0.203. The lowest BCUT2D eigenvalue weighted by atomic mass is 9.84. The summed E-state index contributed by atoms with van der Waals surface area (Å²) >= 11 is 0. The first kappa shape index (κ1) is 11.4. The molecule has 0 bridgehead atoms. The first-order valence-corrected chi connectivity index (χ1v) is 6.52. The molecule has 88 valence electrons. The van der Waals surface area contributed by atoms with E-state index in [-0.39, 0.29) is 5.60 Å². The quantitative estimate of drug-likeness (QED) is 0.754. The number of piperidine rings is 1. The smallest absolute Gasteiger partial charge is 0.0703 e. The van der Waals surface area contributed by atoms with Crippen LogP contribution in [0.25, 0.3) is 0 Å². The third kappa shape index (κ3) is 2.94. The van der Waals surface area contributed by atoms with Crippen LogP contribution in [0.15, 0.2) is 0 Å². The van der Waals surface area contributed by atoms with Crippen molar-refractivity contribution in [2.24, 2.45) is 11.8 Å². The second kappa shape index (κ2) is 4.84. The lowest BCUT2D eigenvalue weighted by Gasteiger charge is -2.37. The number of hydrogen-bond acceptors (Lipinski definition) is 2. The number of hydrogen-bond donors (Lipinski definition) is 1. The highest BCUT2D eigenvalue weighted by Crippen LogP contribution is 2.40. The SMILES string of the molecule is COC1(CCC(C)C2CC2)CCNCC1. The van der Waals surface area contributed by atoms with E-state index in [1.807, 2.05) is 7.11 Å². The molecule has 0 radical (unpaired) electrons. The Morgan fingerprint density at radius 1 is 1.33 bits per heavy atom. The molecule has 1 aliphatic carbocycles. The van der Waals surface area contributed by atoms with Crippen LogP contribution in [-0.2, 0) is 4.74 Å². The fourth-order valence-electron chi connectivity index (χ4n) is 2.83. The lowest BCUT2D eigenvalue weighted by Crippen LogP contribution is -2.43. The zero-order valence-electron chi connectivity index (χ0n) is 10.2. The van der Waals surface area contributed by atoms with Crippen LogP contribution in [-0.4, -0.2) is 25.8 Å². The molecule has 0 aromatic heterocycles. The van der Waals surface area contributed by atoms with Crippen molar-refractivity contribution in [1.29, 1.82) is 0 Å². The van der Waals surface area contributed by atoms with E-state index in [4.69, 9.17) is 4.74 Å². The maximum atomic E-state index is 5.79. The van der Waals surface area contributed by atoms with Gasteiger partial charge in [-0.3, -0.25) is 0 Å². The minimum Gasteiger partial charge on any atom is -0.378 e. The molecular formula is C13H25NO. The van der Waals surface area contributed by atoms with Crippen LogP contribution < -0.4 is 5.32 Å². The standard InChI is InChI=1S/C13H25NO/c1-11(12-3-4-12)5-6-13(15-2)7-9-14-10-8-13/h11-12,14H,3-10H2,1-2H3. The topological polar surface area (TPSA) is 21.3 Å². The molecule has 0 amide bonds. The van der Waals surface area contributed by atoms with E-state index < -0.39 is 0 Å². The van der Waals surface area contributed by atoms with Gasteiger partial charge in [0.15, 0.2) is 0 Å². The number of ether oxygens (including phenoxy) is 1. The Kier molecular flexibility index (Phi) is 3.68. The maximum Gasteiger partial charge on any atom is 0.0703 e. The Bertz CT molecular complexity index is 195. The molecule has 1 aliphatic heterocycles. The highest BCUT2D eigenvalue weighted by atomic mass is 16.5. The molecular weight excluding hydrogens is 186 g/mol. The molecule has 2 fully saturated rings. The summed E-state index contributed by atoms with van der Waals surface area (Å²) in [5.74, 6) is 1.97. The van der Waals surface area contributed by atoms with Gasteiger partial charge in [0, 0.05) is 7.11 Å². The van der Waals surface area contributed by atoms with Crippen molar-refractivity contribution in [3.05, 3.63) is 0 Å². The first-order valence-electron chi connectivity index (χ1n) is 6.52.